The molecule has 0 spiro atoms. The molecular formula is C27H35N5O2. The van der Waals surface area contributed by atoms with Crippen molar-refractivity contribution in [2.45, 2.75) is 69.1 Å². The van der Waals surface area contributed by atoms with Crippen molar-refractivity contribution in [2.24, 2.45) is 17.8 Å². The highest BCUT2D eigenvalue weighted by Gasteiger charge is 2.62. The molecule has 180 valence electrons. The number of rotatable bonds is 4. The minimum absolute atomic E-state index is 0.00844. The predicted molar refractivity (Wildman–Crippen MR) is 133 cm³/mol. The van der Waals surface area contributed by atoms with E-state index in [1.807, 2.05) is 13.3 Å². The quantitative estimate of drug-likeness (QED) is 0.703. The van der Waals surface area contributed by atoms with Crippen LogP contribution in [0.3, 0.4) is 0 Å². The topological polar surface area (TPSA) is 62.8 Å². The third kappa shape index (κ3) is 2.89. The van der Waals surface area contributed by atoms with Gasteiger partial charge in [0.05, 0.1) is 23.4 Å². The van der Waals surface area contributed by atoms with Crippen LogP contribution in [0.1, 0.15) is 51.9 Å². The molecule has 5 aliphatic carbocycles. The van der Waals surface area contributed by atoms with Gasteiger partial charge in [0, 0.05) is 38.8 Å². The molecule has 4 atom stereocenters. The fraction of sp³-hybridized carbons (Fsp3) is 0.630. The van der Waals surface area contributed by atoms with Crippen molar-refractivity contribution in [3.05, 3.63) is 42.0 Å². The van der Waals surface area contributed by atoms with Crippen molar-refractivity contribution in [1.82, 2.24) is 9.97 Å². The molecule has 7 nitrogen and oxygen atoms in total. The first kappa shape index (κ1) is 20.9. The molecule has 3 heterocycles. The SMILES string of the molecule is C=C1N(C)c2cnc(NC3=CC4CCOC4C=C3C)nc2N1C12CC3CC(CC(OC)(C3)C1)C2. The lowest BCUT2D eigenvalue weighted by molar-refractivity contribution is -0.153. The van der Waals surface area contributed by atoms with E-state index in [1.165, 1.54) is 37.7 Å². The number of hydrogen-bond acceptors (Lipinski definition) is 7. The highest BCUT2D eigenvalue weighted by Crippen LogP contribution is 2.63. The number of nitrogens with zero attached hydrogens (tertiary/aromatic N) is 4. The van der Waals surface area contributed by atoms with E-state index in [2.05, 4.69) is 47.8 Å². The van der Waals surface area contributed by atoms with Crippen LogP contribution in [0.15, 0.2) is 42.0 Å². The molecule has 4 bridgehead atoms. The standard InChI is InChI=1S/C27H35N5O2/c1-16-7-23-20(5-6-34-23)9-21(16)29-25-28-14-22-24(30-25)32(17(2)31(22)3)26-10-18-8-19(11-26)13-27(12-18,15-26)33-4/h7,9,14,18-20,23H,2,5-6,8,10-13,15H2,1,3-4H3,(H,28,29,30). The van der Waals surface area contributed by atoms with Crippen LogP contribution in [-0.2, 0) is 9.47 Å². The van der Waals surface area contributed by atoms with E-state index in [4.69, 9.17) is 19.4 Å². The van der Waals surface area contributed by atoms with Crippen molar-refractivity contribution in [3.8, 4) is 0 Å². The summed E-state index contributed by atoms with van der Waals surface area (Å²) in [7, 11) is 4.00. The monoisotopic (exact) mass is 461 g/mol. The van der Waals surface area contributed by atoms with E-state index in [9.17, 15) is 0 Å². The van der Waals surface area contributed by atoms with E-state index in [0.717, 1.165) is 54.3 Å². The van der Waals surface area contributed by atoms with Gasteiger partial charge in [-0.2, -0.15) is 4.98 Å². The molecule has 34 heavy (non-hydrogen) atoms. The van der Waals surface area contributed by atoms with E-state index in [1.54, 1.807) is 0 Å². The zero-order valence-corrected chi connectivity index (χ0v) is 20.5. The fourth-order valence-corrected chi connectivity index (χ4v) is 8.29. The largest absolute Gasteiger partial charge is 0.378 e. The molecule has 4 saturated carbocycles. The first-order valence-corrected chi connectivity index (χ1v) is 12.8. The normalized spacial score (nSPS) is 39.8. The van der Waals surface area contributed by atoms with Gasteiger partial charge in [-0.15, -0.1) is 0 Å². The molecule has 1 N–H and O–H groups in total. The smallest absolute Gasteiger partial charge is 0.229 e. The Balaban J connectivity index is 1.24. The molecule has 1 saturated heterocycles. The molecule has 7 aliphatic rings. The fourth-order valence-electron chi connectivity index (χ4n) is 8.29. The lowest BCUT2D eigenvalue weighted by Gasteiger charge is -2.63. The molecule has 4 unspecified atom stereocenters. The molecule has 1 aromatic heterocycles. The molecule has 2 aliphatic heterocycles. The van der Waals surface area contributed by atoms with Gasteiger partial charge in [-0.3, -0.25) is 0 Å². The summed E-state index contributed by atoms with van der Waals surface area (Å²) in [6.07, 6.45) is 15.0. The van der Waals surface area contributed by atoms with E-state index >= 15 is 0 Å². The van der Waals surface area contributed by atoms with Gasteiger partial charge >= 0.3 is 0 Å². The summed E-state index contributed by atoms with van der Waals surface area (Å²) in [5, 5.41) is 3.53. The Morgan fingerprint density at radius 2 is 2.00 bits per heavy atom. The second kappa shape index (κ2) is 7.08. The number of allylic oxidation sites excluding steroid dienone is 1. The summed E-state index contributed by atoms with van der Waals surface area (Å²) in [6.45, 7) is 7.48. The maximum absolute atomic E-state index is 6.22. The average Bonchev–Trinajstić information content (AvgIpc) is 3.35. The Bertz CT molecular complexity index is 1110. The maximum Gasteiger partial charge on any atom is 0.229 e. The minimum atomic E-state index is 0.00844. The Kier molecular flexibility index (Phi) is 4.36. The summed E-state index contributed by atoms with van der Waals surface area (Å²) in [5.41, 5.74) is 3.35. The van der Waals surface area contributed by atoms with Crippen LogP contribution >= 0.6 is 0 Å². The third-order valence-electron chi connectivity index (χ3n) is 9.50. The molecule has 0 radical (unpaired) electrons. The van der Waals surface area contributed by atoms with Crippen molar-refractivity contribution in [3.63, 3.8) is 0 Å². The summed E-state index contributed by atoms with van der Waals surface area (Å²) in [5.74, 6) is 4.52. The zero-order valence-electron chi connectivity index (χ0n) is 20.5. The van der Waals surface area contributed by atoms with Crippen LogP contribution in [0.2, 0.25) is 0 Å². The number of anilines is 3. The average molecular weight is 462 g/mol. The van der Waals surface area contributed by atoms with Gasteiger partial charge in [0.2, 0.25) is 5.95 Å². The molecule has 1 aromatic rings. The van der Waals surface area contributed by atoms with Crippen molar-refractivity contribution in [1.29, 1.82) is 0 Å². The van der Waals surface area contributed by atoms with Crippen LogP contribution in [-0.4, -0.2) is 48.0 Å². The van der Waals surface area contributed by atoms with Gasteiger partial charge in [0.1, 0.15) is 11.5 Å². The minimum Gasteiger partial charge on any atom is -0.378 e. The summed E-state index contributed by atoms with van der Waals surface area (Å²) in [6, 6.07) is 0. The van der Waals surface area contributed by atoms with Crippen LogP contribution in [0.4, 0.5) is 17.5 Å². The predicted octanol–water partition coefficient (Wildman–Crippen LogP) is 4.60. The van der Waals surface area contributed by atoms with Crippen molar-refractivity contribution >= 4 is 17.5 Å². The Morgan fingerprint density at radius 3 is 2.76 bits per heavy atom. The second-order valence-electron chi connectivity index (χ2n) is 11.6. The zero-order chi connectivity index (χ0) is 23.2. The lowest BCUT2D eigenvalue weighted by Crippen LogP contribution is -2.66. The molecule has 8 rings (SSSR count). The number of hydrogen-bond donors (Lipinski definition) is 1. The van der Waals surface area contributed by atoms with Crippen LogP contribution in [0.5, 0.6) is 0 Å². The summed E-state index contributed by atoms with van der Waals surface area (Å²) in [4.78, 5) is 14.4. The van der Waals surface area contributed by atoms with E-state index in [0.29, 0.717) is 11.9 Å². The van der Waals surface area contributed by atoms with Crippen molar-refractivity contribution in [2.75, 3.05) is 35.9 Å². The number of fused-ring (bicyclic) bond motifs is 2. The highest BCUT2D eigenvalue weighted by molar-refractivity contribution is 5.80. The number of nitrogens with one attached hydrogen (secondary N) is 1. The first-order chi connectivity index (χ1) is 16.4. The molecule has 7 heteroatoms. The Labute approximate surface area is 201 Å². The van der Waals surface area contributed by atoms with Crippen LogP contribution < -0.4 is 15.1 Å². The first-order valence-electron chi connectivity index (χ1n) is 12.8. The van der Waals surface area contributed by atoms with Crippen LogP contribution in [0.25, 0.3) is 0 Å². The van der Waals surface area contributed by atoms with Gasteiger partial charge < -0.3 is 24.6 Å². The molecular weight excluding hydrogens is 426 g/mol. The second-order valence-corrected chi connectivity index (χ2v) is 11.6. The highest BCUT2D eigenvalue weighted by atomic mass is 16.5. The van der Waals surface area contributed by atoms with Gasteiger partial charge in [0.25, 0.3) is 0 Å². The lowest BCUT2D eigenvalue weighted by atomic mass is 9.50. The molecule has 0 aromatic carbocycles. The number of methoxy groups -OCH3 is 1. The number of aromatic nitrogens is 2. The van der Waals surface area contributed by atoms with E-state index < -0.39 is 0 Å². The Hall–Kier alpha value is -2.38. The Morgan fingerprint density at radius 1 is 1.21 bits per heavy atom. The van der Waals surface area contributed by atoms with Gasteiger partial charge in [-0.1, -0.05) is 18.7 Å². The van der Waals surface area contributed by atoms with Gasteiger partial charge in [0.15, 0.2) is 5.82 Å². The van der Waals surface area contributed by atoms with Crippen molar-refractivity contribution < 1.29 is 9.47 Å². The van der Waals surface area contributed by atoms with E-state index in [-0.39, 0.29) is 17.2 Å². The van der Waals surface area contributed by atoms with Gasteiger partial charge in [-0.05, 0) is 62.9 Å². The van der Waals surface area contributed by atoms with Gasteiger partial charge in [-0.25, -0.2) is 4.98 Å². The third-order valence-corrected chi connectivity index (χ3v) is 9.50. The summed E-state index contributed by atoms with van der Waals surface area (Å²) >= 11 is 0. The summed E-state index contributed by atoms with van der Waals surface area (Å²) < 4.78 is 12.1. The number of ether oxygens (including phenoxy) is 2. The molecule has 5 fully saturated rings. The maximum atomic E-state index is 6.22. The van der Waals surface area contributed by atoms with Crippen LogP contribution in [0, 0.1) is 17.8 Å². The molecule has 0 amide bonds.